The third kappa shape index (κ3) is 5.39. The molecule has 1 aromatic heterocycles. The van der Waals surface area contributed by atoms with Crippen LogP contribution in [0.3, 0.4) is 0 Å². The summed E-state index contributed by atoms with van der Waals surface area (Å²) in [6, 6.07) is 1.95. The van der Waals surface area contributed by atoms with Crippen LogP contribution in [-0.2, 0) is 16.5 Å². The average Bonchev–Trinajstić information content (AvgIpc) is 2.63. The van der Waals surface area contributed by atoms with Gasteiger partial charge in [-0.05, 0) is 6.42 Å². The van der Waals surface area contributed by atoms with Gasteiger partial charge in [-0.1, -0.05) is 0 Å². The number of aryl methyl sites for hydroxylation is 1. The minimum Gasteiger partial charge on any atom is -0.382 e. The maximum Gasteiger partial charge on any atom is 0.147 e. The fraction of sp³-hybridized carbons (Fsp3) is 0.700. The molecule has 0 aliphatic carbocycles. The summed E-state index contributed by atoms with van der Waals surface area (Å²) in [4.78, 5) is 0. The SMILES string of the molecule is COCCOCCCNc1ccn(C)n1. The molecule has 0 saturated carbocycles. The molecule has 0 aliphatic heterocycles. The number of aromatic nitrogens is 2. The quantitative estimate of drug-likeness (QED) is 0.651. The van der Waals surface area contributed by atoms with E-state index in [0.717, 1.165) is 25.4 Å². The van der Waals surface area contributed by atoms with Crippen LogP contribution in [-0.4, -0.2) is 43.3 Å². The first-order valence-electron chi connectivity index (χ1n) is 5.13. The van der Waals surface area contributed by atoms with Crippen LogP contribution in [0.2, 0.25) is 0 Å². The maximum absolute atomic E-state index is 5.33. The number of rotatable bonds is 8. The summed E-state index contributed by atoms with van der Waals surface area (Å²) in [6.07, 6.45) is 2.89. The van der Waals surface area contributed by atoms with Gasteiger partial charge in [-0.2, -0.15) is 5.10 Å². The second kappa shape index (κ2) is 7.25. The van der Waals surface area contributed by atoms with Crippen molar-refractivity contribution in [3.8, 4) is 0 Å². The van der Waals surface area contributed by atoms with Gasteiger partial charge >= 0.3 is 0 Å². The lowest BCUT2D eigenvalue weighted by Crippen LogP contribution is -2.08. The molecule has 5 nitrogen and oxygen atoms in total. The third-order valence-electron chi connectivity index (χ3n) is 1.92. The predicted molar refractivity (Wildman–Crippen MR) is 59.0 cm³/mol. The lowest BCUT2D eigenvalue weighted by atomic mass is 10.4. The maximum atomic E-state index is 5.33. The van der Waals surface area contributed by atoms with Crippen LogP contribution < -0.4 is 5.32 Å². The smallest absolute Gasteiger partial charge is 0.147 e. The van der Waals surface area contributed by atoms with Crippen LogP contribution in [0.1, 0.15) is 6.42 Å². The van der Waals surface area contributed by atoms with Crippen molar-refractivity contribution in [1.82, 2.24) is 9.78 Å². The van der Waals surface area contributed by atoms with E-state index in [-0.39, 0.29) is 0 Å². The molecule has 0 bridgehead atoms. The number of methoxy groups -OCH3 is 1. The summed E-state index contributed by atoms with van der Waals surface area (Å²) in [6.45, 7) is 2.96. The molecule has 0 fully saturated rings. The van der Waals surface area contributed by atoms with Crippen LogP contribution in [0.4, 0.5) is 5.82 Å². The zero-order chi connectivity index (χ0) is 10.9. The van der Waals surface area contributed by atoms with E-state index in [1.54, 1.807) is 11.8 Å². The molecule has 1 aromatic rings. The van der Waals surface area contributed by atoms with Gasteiger partial charge in [0.1, 0.15) is 5.82 Å². The number of hydrogen-bond donors (Lipinski definition) is 1. The zero-order valence-corrected chi connectivity index (χ0v) is 9.40. The Morgan fingerprint density at radius 3 is 2.93 bits per heavy atom. The fourth-order valence-electron chi connectivity index (χ4n) is 1.14. The van der Waals surface area contributed by atoms with E-state index >= 15 is 0 Å². The highest BCUT2D eigenvalue weighted by Gasteiger charge is 1.94. The topological polar surface area (TPSA) is 48.3 Å². The second-order valence-electron chi connectivity index (χ2n) is 3.26. The number of nitrogens with zero attached hydrogens (tertiary/aromatic N) is 2. The molecule has 5 heteroatoms. The summed E-state index contributed by atoms with van der Waals surface area (Å²) in [5, 5.41) is 7.42. The Labute approximate surface area is 90.4 Å². The summed E-state index contributed by atoms with van der Waals surface area (Å²) < 4.78 is 12.0. The first-order valence-corrected chi connectivity index (χ1v) is 5.13. The van der Waals surface area contributed by atoms with Crippen molar-refractivity contribution in [2.45, 2.75) is 6.42 Å². The van der Waals surface area contributed by atoms with Gasteiger partial charge in [0, 0.05) is 39.6 Å². The highest BCUT2D eigenvalue weighted by molar-refractivity contribution is 5.31. The standard InChI is InChI=1S/C10H19N3O2/c1-13-6-4-10(12-13)11-5-3-7-15-9-8-14-2/h4,6H,3,5,7-9H2,1-2H3,(H,11,12). The molecule has 0 aromatic carbocycles. The molecule has 0 aliphatic rings. The van der Waals surface area contributed by atoms with E-state index in [1.165, 1.54) is 0 Å². The molecule has 0 unspecified atom stereocenters. The lowest BCUT2D eigenvalue weighted by molar-refractivity contribution is 0.0705. The van der Waals surface area contributed by atoms with Gasteiger partial charge in [0.15, 0.2) is 0 Å². The molecule has 1 heterocycles. The molecule has 86 valence electrons. The second-order valence-corrected chi connectivity index (χ2v) is 3.26. The minimum atomic E-state index is 0.660. The number of hydrogen-bond acceptors (Lipinski definition) is 4. The van der Waals surface area contributed by atoms with Gasteiger partial charge in [-0.25, -0.2) is 0 Å². The van der Waals surface area contributed by atoms with Crippen molar-refractivity contribution in [3.63, 3.8) is 0 Å². The largest absolute Gasteiger partial charge is 0.382 e. The van der Waals surface area contributed by atoms with E-state index < -0.39 is 0 Å². The van der Waals surface area contributed by atoms with Crippen molar-refractivity contribution in [2.75, 3.05) is 38.8 Å². The lowest BCUT2D eigenvalue weighted by Gasteiger charge is -2.04. The normalized spacial score (nSPS) is 10.5. The highest BCUT2D eigenvalue weighted by Crippen LogP contribution is 2.00. The van der Waals surface area contributed by atoms with E-state index in [9.17, 15) is 0 Å². The Morgan fingerprint density at radius 2 is 2.27 bits per heavy atom. The molecule has 0 saturated heterocycles. The Kier molecular flexibility index (Phi) is 5.80. The molecule has 15 heavy (non-hydrogen) atoms. The minimum absolute atomic E-state index is 0.660. The van der Waals surface area contributed by atoms with Gasteiger partial charge in [-0.15, -0.1) is 0 Å². The van der Waals surface area contributed by atoms with Gasteiger partial charge < -0.3 is 14.8 Å². The summed E-state index contributed by atoms with van der Waals surface area (Å²) in [5.41, 5.74) is 0. The molecule has 0 amide bonds. The number of nitrogens with one attached hydrogen (secondary N) is 1. The van der Waals surface area contributed by atoms with Gasteiger partial charge in [0.2, 0.25) is 0 Å². The van der Waals surface area contributed by atoms with Gasteiger partial charge in [0.05, 0.1) is 13.2 Å². The van der Waals surface area contributed by atoms with Crippen molar-refractivity contribution < 1.29 is 9.47 Å². The van der Waals surface area contributed by atoms with E-state index in [1.807, 2.05) is 19.3 Å². The van der Waals surface area contributed by atoms with E-state index in [0.29, 0.717) is 13.2 Å². The van der Waals surface area contributed by atoms with Crippen LogP contribution in [0.5, 0.6) is 0 Å². The summed E-state index contributed by atoms with van der Waals surface area (Å²) >= 11 is 0. The monoisotopic (exact) mass is 213 g/mol. The van der Waals surface area contributed by atoms with Crippen molar-refractivity contribution in [2.24, 2.45) is 7.05 Å². The molecule has 0 radical (unpaired) electrons. The van der Waals surface area contributed by atoms with Crippen molar-refractivity contribution in [1.29, 1.82) is 0 Å². The first-order chi connectivity index (χ1) is 7.33. The fourth-order valence-corrected chi connectivity index (χ4v) is 1.14. The molecule has 0 spiro atoms. The van der Waals surface area contributed by atoms with Crippen LogP contribution in [0, 0.1) is 0 Å². The van der Waals surface area contributed by atoms with E-state index in [2.05, 4.69) is 10.4 Å². The summed E-state index contributed by atoms with van der Waals surface area (Å²) in [7, 11) is 3.57. The first kappa shape index (κ1) is 12.0. The van der Waals surface area contributed by atoms with Gasteiger partial charge in [0.25, 0.3) is 0 Å². The van der Waals surface area contributed by atoms with Crippen LogP contribution >= 0.6 is 0 Å². The molecule has 1 N–H and O–H groups in total. The number of anilines is 1. The van der Waals surface area contributed by atoms with Crippen LogP contribution in [0.15, 0.2) is 12.3 Å². The zero-order valence-electron chi connectivity index (χ0n) is 9.40. The predicted octanol–water partition coefficient (Wildman–Crippen LogP) is 0.885. The summed E-state index contributed by atoms with van der Waals surface area (Å²) in [5.74, 6) is 0.911. The molecular formula is C10H19N3O2. The number of ether oxygens (including phenoxy) is 2. The third-order valence-corrected chi connectivity index (χ3v) is 1.92. The Hall–Kier alpha value is -1.07. The molecular weight excluding hydrogens is 194 g/mol. The molecule has 1 rings (SSSR count). The van der Waals surface area contributed by atoms with E-state index in [4.69, 9.17) is 9.47 Å². The Morgan fingerprint density at radius 1 is 1.40 bits per heavy atom. The van der Waals surface area contributed by atoms with Gasteiger partial charge in [-0.3, -0.25) is 4.68 Å². The Balaban J connectivity index is 1.93. The average molecular weight is 213 g/mol. The van der Waals surface area contributed by atoms with Crippen LogP contribution in [0.25, 0.3) is 0 Å². The Bertz CT molecular complexity index is 263. The highest BCUT2D eigenvalue weighted by atomic mass is 16.5. The van der Waals surface area contributed by atoms with Crippen molar-refractivity contribution in [3.05, 3.63) is 12.3 Å². The molecule has 0 atom stereocenters. The van der Waals surface area contributed by atoms with Crippen molar-refractivity contribution >= 4 is 5.82 Å².